The predicted octanol–water partition coefficient (Wildman–Crippen LogP) is 0.501. The Morgan fingerprint density at radius 2 is 2.22 bits per heavy atom. The molecule has 0 spiro atoms. The van der Waals surface area contributed by atoms with E-state index in [1.807, 2.05) is 6.92 Å². The molecule has 2 rings (SSSR count). The first-order valence-corrected chi connectivity index (χ1v) is 7.29. The number of anilines is 1. The molecule has 96 valence electrons. The molecule has 0 saturated carbocycles. The van der Waals surface area contributed by atoms with E-state index >= 15 is 0 Å². The summed E-state index contributed by atoms with van der Waals surface area (Å²) in [5.41, 5.74) is 6.38. The van der Waals surface area contributed by atoms with Crippen molar-refractivity contribution in [3.05, 3.63) is 28.9 Å². The van der Waals surface area contributed by atoms with E-state index in [0.29, 0.717) is 6.54 Å². The fourth-order valence-electron chi connectivity index (χ4n) is 1.29. The molecule has 0 radical (unpaired) electrons. The van der Waals surface area contributed by atoms with Crippen molar-refractivity contribution in [3.8, 4) is 0 Å². The van der Waals surface area contributed by atoms with Crippen LogP contribution in [0.1, 0.15) is 10.4 Å². The van der Waals surface area contributed by atoms with Gasteiger partial charge in [0, 0.05) is 11.4 Å². The minimum Gasteiger partial charge on any atom is -0.326 e. The fourth-order valence-corrected chi connectivity index (χ4v) is 3.70. The number of thiophene rings is 1. The molecule has 2 heterocycles. The van der Waals surface area contributed by atoms with E-state index in [2.05, 4.69) is 19.9 Å². The summed E-state index contributed by atoms with van der Waals surface area (Å²) in [5, 5.41) is 7.11. The Hall–Kier alpha value is -1.58. The van der Waals surface area contributed by atoms with Crippen molar-refractivity contribution < 1.29 is 8.42 Å². The third-order valence-corrected chi connectivity index (χ3v) is 5.22. The molecule has 0 aliphatic heterocycles. The zero-order valence-corrected chi connectivity index (χ0v) is 11.1. The van der Waals surface area contributed by atoms with E-state index in [-0.39, 0.29) is 10.2 Å². The van der Waals surface area contributed by atoms with Crippen LogP contribution >= 0.6 is 11.3 Å². The Morgan fingerprint density at radius 1 is 1.44 bits per heavy atom. The second kappa shape index (κ2) is 4.96. The van der Waals surface area contributed by atoms with Crippen molar-refractivity contribution in [2.24, 2.45) is 5.73 Å². The number of nitrogens with one attached hydrogen (secondary N) is 1. The summed E-state index contributed by atoms with van der Waals surface area (Å²) in [6.45, 7) is 2.13. The second-order valence-electron chi connectivity index (χ2n) is 3.45. The molecule has 0 bridgehead atoms. The van der Waals surface area contributed by atoms with Gasteiger partial charge in [-0.1, -0.05) is 0 Å². The molecule has 0 fully saturated rings. The number of nitrogens with two attached hydrogens (primary N) is 1. The van der Waals surface area contributed by atoms with Crippen LogP contribution in [-0.4, -0.2) is 23.6 Å². The number of aryl methyl sites for hydroxylation is 1. The third kappa shape index (κ3) is 2.63. The molecular formula is C9H11N5O2S2. The Bertz CT molecular complexity index is 638. The maximum atomic E-state index is 12.0. The second-order valence-corrected chi connectivity index (χ2v) is 6.49. The van der Waals surface area contributed by atoms with Crippen LogP contribution in [0, 0.1) is 6.92 Å². The molecular weight excluding hydrogens is 274 g/mol. The number of sulfonamides is 1. The van der Waals surface area contributed by atoms with Crippen LogP contribution in [0.15, 0.2) is 22.7 Å². The Labute approximate surface area is 108 Å². The molecule has 2 aromatic rings. The van der Waals surface area contributed by atoms with E-state index in [0.717, 1.165) is 21.8 Å². The predicted molar refractivity (Wildman–Crippen MR) is 67.6 cm³/mol. The molecule has 7 nitrogen and oxygen atoms in total. The minimum absolute atomic E-state index is 0.0575. The van der Waals surface area contributed by atoms with Crippen LogP contribution in [-0.2, 0) is 16.6 Å². The normalized spacial score (nSPS) is 11.4. The van der Waals surface area contributed by atoms with Crippen molar-refractivity contribution in [2.45, 2.75) is 17.7 Å². The van der Waals surface area contributed by atoms with E-state index in [1.165, 1.54) is 12.4 Å². The summed E-state index contributed by atoms with van der Waals surface area (Å²) in [5.74, 6) is -0.0575. The van der Waals surface area contributed by atoms with Gasteiger partial charge >= 0.3 is 0 Å². The van der Waals surface area contributed by atoms with Crippen molar-refractivity contribution in [1.82, 2.24) is 15.2 Å². The highest BCUT2D eigenvalue weighted by Gasteiger charge is 2.19. The standard InChI is InChI=1S/C9H11N5O2S2/c1-6-4-8(17-7(6)5-10)18(15,16)14-9-11-2-3-12-13-9/h2-4H,5,10H2,1H3,(H,11,13,14). The molecule has 9 heteroatoms. The summed E-state index contributed by atoms with van der Waals surface area (Å²) >= 11 is 1.13. The topological polar surface area (TPSA) is 111 Å². The average molecular weight is 285 g/mol. The quantitative estimate of drug-likeness (QED) is 0.846. The van der Waals surface area contributed by atoms with E-state index in [4.69, 9.17) is 5.73 Å². The molecule has 0 amide bonds. The highest BCUT2D eigenvalue weighted by Crippen LogP contribution is 2.26. The summed E-state index contributed by atoms with van der Waals surface area (Å²) in [7, 11) is -3.68. The highest BCUT2D eigenvalue weighted by atomic mass is 32.2. The molecule has 0 aliphatic rings. The number of rotatable bonds is 4. The monoisotopic (exact) mass is 285 g/mol. The first-order chi connectivity index (χ1) is 8.53. The summed E-state index contributed by atoms with van der Waals surface area (Å²) in [4.78, 5) is 4.59. The Balaban J connectivity index is 2.31. The maximum Gasteiger partial charge on any atom is 0.273 e. The van der Waals surface area contributed by atoms with Crippen molar-refractivity contribution in [2.75, 3.05) is 4.72 Å². The van der Waals surface area contributed by atoms with Crippen LogP contribution in [0.3, 0.4) is 0 Å². The van der Waals surface area contributed by atoms with Gasteiger partial charge in [-0.3, -0.25) is 0 Å². The largest absolute Gasteiger partial charge is 0.326 e. The van der Waals surface area contributed by atoms with Crippen LogP contribution in [0.25, 0.3) is 0 Å². The summed E-state index contributed by atoms with van der Waals surface area (Å²) in [6, 6.07) is 1.57. The zero-order valence-electron chi connectivity index (χ0n) is 9.49. The Kier molecular flexibility index (Phi) is 3.55. The van der Waals surface area contributed by atoms with Crippen molar-refractivity contribution in [1.29, 1.82) is 0 Å². The van der Waals surface area contributed by atoms with Gasteiger partial charge in [-0.2, -0.15) is 5.10 Å². The number of hydrogen-bond donors (Lipinski definition) is 2. The first kappa shape index (κ1) is 12.9. The van der Waals surface area contributed by atoms with Crippen molar-refractivity contribution in [3.63, 3.8) is 0 Å². The lowest BCUT2D eigenvalue weighted by atomic mass is 10.3. The molecule has 0 saturated heterocycles. The minimum atomic E-state index is -3.68. The van der Waals surface area contributed by atoms with Crippen LogP contribution < -0.4 is 10.5 Å². The SMILES string of the molecule is Cc1cc(S(=O)(=O)Nc2nccnn2)sc1CN. The first-order valence-electron chi connectivity index (χ1n) is 4.99. The van der Waals surface area contributed by atoms with Gasteiger partial charge in [0.1, 0.15) is 4.21 Å². The van der Waals surface area contributed by atoms with Crippen LogP contribution in [0.2, 0.25) is 0 Å². The van der Waals surface area contributed by atoms with Gasteiger partial charge in [0.2, 0.25) is 0 Å². The third-order valence-electron chi connectivity index (χ3n) is 2.16. The molecule has 18 heavy (non-hydrogen) atoms. The van der Waals surface area contributed by atoms with Crippen molar-refractivity contribution >= 4 is 27.3 Å². The number of nitrogens with zero attached hydrogens (tertiary/aromatic N) is 3. The van der Waals surface area contributed by atoms with Gasteiger partial charge < -0.3 is 5.73 Å². The fraction of sp³-hybridized carbons (Fsp3) is 0.222. The van der Waals surface area contributed by atoms with Gasteiger partial charge in [0.05, 0.1) is 12.4 Å². The molecule has 3 N–H and O–H groups in total. The van der Waals surface area contributed by atoms with Gasteiger partial charge in [-0.15, -0.1) is 16.4 Å². The van der Waals surface area contributed by atoms with Gasteiger partial charge in [0.15, 0.2) is 0 Å². The molecule has 2 aromatic heterocycles. The van der Waals surface area contributed by atoms with Gasteiger partial charge in [0.25, 0.3) is 16.0 Å². The molecule has 0 aromatic carbocycles. The highest BCUT2D eigenvalue weighted by molar-refractivity contribution is 7.94. The lowest BCUT2D eigenvalue weighted by Gasteiger charge is -2.02. The maximum absolute atomic E-state index is 12.0. The molecule has 0 atom stereocenters. The van der Waals surface area contributed by atoms with E-state index in [9.17, 15) is 8.42 Å². The van der Waals surface area contributed by atoms with Gasteiger partial charge in [-0.25, -0.2) is 18.1 Å². The number of hydrogen-bond acceptors (Lipinski definition) is 7. The van der Waals surface area contributed by atoms with Crippen LogP contribution in [0.5, 0.6) is 0 Å². The lowest BCUT2D eigenvalue weighted by molar-refractivity contribution is 0.602. The molecule has 0 aliphatic carbocycles. The van der Waals surface area contributed by atoms with Crippen LogP contribution in [0.4, 0.5) is 5.95 Å². The smallest absolute Gasteiger partial charge is 0.273 e. The average Bonchev–Trinajstić information content (AvgIpc) is 2.72. The number of aromatic nitrogens is 3. The Morgan fingerprint density at radius 3 is 2.78 bits per heavy atom. The zero-order chi connectivity index (χ0) is 13.2. The van der Waals surface area contributed by atoms with Gasteiger partial charge in [-0.05, 0) is 18.6 Å². The summed E-state index contributed by atoms with van der Waals surface area (Å²) < 4.78 is 26.5. The van der Waals surface area contributed by atoms with E-state index in [1.54, 1.807) is 6.07 Å². The van der Waals surface area contributed by atoms with E-state index < -0.39 is 10.0 Å². The summed E-state index contributed by atoms with van der Waals surface area (Å²) in [6.07, 6.45) is 2.72. The molecule has 0 unspecified atom stereocenters. The lowest BCUT2D eigenvalue weighted by Crippen LogP contribution is -2.14.